The van der Waals surface area contributed by atoms with Crippen molar-refractivity contribution in [2.24, 2.45) is 18.9 Å². The van der Waals surface area contributed by atoms with Gasteiger partial charge in [0.15, 0.2) is 11.6 Å². The Labute approximate surface area is 227 Å². The Hall–Kier alpha value is -3.37. The first kappa shape index (κ1) is 27.7. The number of rotatable bonds is 8. The number of pyridine rings is 1. The summed E-state index contributed by atoms with van der Waals surface area (Å²) in [6.07, 6.45) is 1.57. The zero-order valence-corrected chi connectivity index (χ0v) is 23.4. The smallest absolute Gasteiger partial charge is 0.346 e. The number of carboxylic acid groups (broad SMARTS) is 1. The molecule has 1 saturated heterocycles. The molecule has 4 atom stereocenters. The SMILES string of the molecule is CC(C(Oc1cc2cc(Nc3nc(N4C[C@H](C)C[C@H](C)C4)ncc3Cl)ccc2n(C)c1=O)C(=O)O)N(C)C. The number of hydrogen-bond acceptors (Lipinski definition) is 8. The van der Waals surface area contributed by atoms with Crippen LogP contribution in [0.4, 0.5) is 17.5 Å². The van der Waals surface area contributed by atoms with E-state index in [9.17, 15) is 14.7 Å². The molecule has 38 heavy (non-hydrogen) atoms. The molecular weight excluding hydrogens is 508 g/mol. The number of likely N-dealkylation sites (N-methyl/N-ethyl adjacent to an activating group) is 1. The zero-order valence-electron chi connectivity index (χ0n) is 22.6. The highest BCUT2D eigenvalue weighted by Crippen LogP contribution is 2.30. The Morgan fingerprint density at radius 2 is 1.92 bits per heavy atom. The molecule has 2 N–H and O–H groups in total. The summed E-state index contributed by atoms with van der Waals surface area (Å²) in [6, 6.07) is 6.60. The number of fused-ring (bicyclic) bond motifs is 1. The first-order valence-corrected chi connectivity index (χ1v) is 13.1. The lowest BCUT2D eigenvalue weighted by molar-refractivity contribution is -0.147. The zero-order chi connectivity index (χ0) is 27.7. The maximum absolute atomic E-state index is 13.0. The molecule has 0 aliphatic carbocycles. The van der Waals surface area contributed by atoms with Crippen molar-refractivity contribution < 1.29 is 14.6 Å². The summed E-state index contributed by atoms with van der Waals surface area (Å²) in [5, 5.41) is 14.1. The van der Waals surface area contributed by atoms with Gasteiger partial charge in [0.2, 0.25) is 12.1 Å². The van der Waals surface area contributed by atoms with Gasteiger partial charge in [-0.05, 0) is 63.5 Å². The summed E-state index contributed by atoms with van der Waals surface area (Å²) in [4.78, 5) is 37.9. The summed E-state index contributed by atoms with van der Waals surface area (Å²) < 4.78 is 7.20. The van der Waals surface area contributed by atoms with E-state index in [1.54, 1.807) is 45.2 Å². The highest BCUT2D eigenvalue weighted by molar-refractivity contribution is 6.32. The molecule has 11 heteroatoms. The second-order valence-corrected chi connectivity index (χ2v) is 11.0. The molecule has 0 spiro atoms. The normalized spacial score (nSPS) is 19.4. The average molecular weight is 543 g/mol. The van der Waals surface area contributed by atoms with Gasteiger partial charge >= 0.3 is 5.97 Å². The summed E-state index contributed by atoms with van der Waals surface area (Å²) in [6.45, 7) is 7.98. The monoisotopic (exact) mass is 542 g/mol. The van der Waals surface area contributed by atoms with Gasteiger partial charge in [-0.15, -0.1) is 0 Å². The first-order valence-electron chi connectivity index (χ1n) is 12.7. The van der Waals surface area contributed by atoms with Crippen LogP contribution in [0.25, 0.3) is 10.9 Å². The molecule has 0 bridgehead atoms. The minimum absolute atomic E-state index is 0.0334. The van der Waals surface area contributed by atoms with E-state index in [-0.39, 0.29) is 5.75 Å². The van der Waals surface area contributed by atoms with Crippen LogP contribution in [-0.4, -0.2) is 69.8 Å². The highest BCUT2D eigenvalue weighted by atomic mass is 35.5. The van der Waals surface area contributed by atoms with E-state index < -0.39 is 23.7 Å². The van der Waals surface area contributed by atoms with Crippen molar-refractivity contribution in [3.05, 3.63) is 45.8 Å². The van der Waals surface area contributed by atoms with E-state index in [0.717, 1.165) is 13.1 Å². The Balaban J connectivity index is 1.65. The molecule has 0 saturated carbocycles. The fourth-order valence-electron chi connectivity index (χ4n) is 4.94. The number of hydrogen-bond donors (Lipinski definition) is 2. The number of aromatic nitrogens is 3. The van der Waals surface area contributed by atoms with Crippen molar-refractivity contribution in [3.63, 3.8) is 0 Å². The third-order valence-electron chi connectivity index (χ3n) is 7.09. The van der Waals surface area contributed by atoms with Crippen molar-refractivity contribution in [2.75, 3.05) is 37.4 Å². The molecule has 3 heterocycles. The number of piperidine rings is 1. The van der Waals surface area contributed by atoms with Crippen LogP contribution in [0.3, 0.4) is 0 Å². The third-order valence-corrected chi connectivity index (χ3v) is 7.36. The standard InChI is InChI=1S/C27H35ClN6O4/c1-15-9-16(2)14-34(13-15)27-29-12-20(28)24(31-27)30-19-7-8-21-18(10-19)11-22(25(35)33(21)6)38-23(26(36)37)17(3)32(4)5/h7-8,10-12,15-17,23H,9,13-14H2,1-6H3,(H,36,37)(H,29,30,31)/t15-,16+,17?,23?. The number of anilines is 3. The number of carboxylic acids is 1. The molecule has 204 valence electrons. The number of ether oxygens (including phenoxy) is 1. The lowest BCUT2D eigenvalue weighted by Gasteiger charge is -2.35. The van der Waals surface area contributed by atoms with E-state index in [1.165, 1.54) is 11.0 Å². The Morgan fingerprint density at radius 3 is 2.55 bits per heavy atom. The number of aliphatic carboxylic acids is 1. The largest absolute Gasteiger partial charge is 0.478 e. The number of halogens is 1. The molecule has 3 aromatic rings. The molecular formula is C27H35ClN6O4. The molecule has 10 nitrogen and oxygen atoms in total. The fraction of sp³-hybridized carbons (Fsp3) is 0.481. The lowest BCUT2D eigenvalue weighted by Crippen LogP contribution is -2.46. The van der Waals surface area contributed by atoms with Crippen LogP contribution in [0.15, 0.2) is 35.3 Å². The average Bonchev–Trinajstić information content (AvgIpc) is 2.85. The van der Waals surface area contributed by atoms with E-state index >= 15 is 0 Å². The van der Waals surface area contributed by atoms with Crippen LogP contribution in [0.1, 0.15) is 27.2 Å². The van der Waals surface area contributed by atoms with Gasteiger partial charge in [-0.2, -0.15) is 4.98 Å². The Morgan fingerprint density at radius 1 is 1.24 bits per heavy atom. The van der Waals surface area contributed by atoms with Gasteiger partial charge in [-0.1, -0.05) is 25.4 Å². The minimum Gasteiger partial charge on any atom is -0.478 e. The number of carbonyl (C=O) groups is 1. The first-order chi connectivity index (χ1) is 17.9. The van der Waals surface area contributed by atoms with E-state index in [2.05, 4.69) is 29.0 Å². The van der Waals surface area contributed by atoms with E-state index in [0.29, 0.717) is 45.2 Å². The topological polar surface area (TPSA) is 113 Å². The van der Waals surface area contributed by atoms with Crippen LogP contribution in [0, 0.1) is 11.8 Å². The summed E-state index contributed by atoms with van der Waals surface area (Å²) in [7, 11) is 5.15. The molecule has 0 radical (unpaired) electrons. The van der Waals surface area contributed by atoms with Crippen molar-refractivity contribution in [1.82, 2.24) is 19.4 Å². The number of aryl methyl sites for hydroxylation is 1. The minimum atomic E-state index is -1.21. The molecule has 1 aromatic carbocycles. The van der Waals surface area contributed by atoms with Crippen molar-refractivity contribution in [1.29, 1.82) is 0 Å². The molecule has 1 aliphatic heterocycles. The van der Waals surface area contributed by atoms with E-state index in [4.69, 9.17) is 21.3 Å². The van der Waals surface area contributed by atoms with Gasteiger partial charge in [-0.3, -0.25) is 4.79 Å². The predicted octanol–water partition coefficient (Wildman–Crippen LogP) is 3.99. The number of nitrogens with zero attached hydrogens (tertiary/aromatic N) is 5. The van der Waals surface area contributed by atoms with Crippen LogP contribution < -0.4 is 20.5 Å². The van der Waals surface area contributed by atoms with Gasteiger partial charge in [-0.25, -0.2) is 9.78 Å². The van der Waals surface area contributed by atoms with Crippen LogP contribution in [0.2, 0.25) is 5.02 Å². The molecule has 2 unspecified atom stereocenters. The predicted molar refractivity (Wildman–Crippen MR) is 150 cm³/mol. The molecule has 2 aromatic heterocycles. The van der Waals surface area contributed by atoms with Gasteiger partial charge in [0.1, 0.15) is 5.02 Å². The Bertz CT molecular complexity index is 1380. The number of nitrogens with one attached hydrogen (secondary N) is 1. The van der Waals surface area contributed by atoms with Gasteiger partial charge < -0.3 is 29.5 Å². The molecule has 4 rings (SSSR count). The number of benzene rings is 1. The quantitative estimate of drug-likeness (QED) is 0.436. The Kier molecular flexibility index (Phi) is 8.13. The van der Waals surface area contributed by atoms with Crippen molar-refractivity contribution >= 4 is 45.9 Å². The van der Waals surface area contributed by atoms with Gasteiger partial charge in [0, 0.05) is 31.2 Å². The molecule has 0 amide bonds. The van der Waals surface area contributed by atoms with Crippen molar-refractivity contribution in [2.45, 2.75) is 39.3 Å². The molecule has 1 aliphatic rings. The second kappa shape index (κ2) is 11.2. The summed E-state index contributed by atoms with van der Waals surface area (Å²) in [5.74, 6) is 1.04. The van der Waals surface area contributed by atoms with Gasteiger partial charge in [0.05, 0.1) is 17.8 Å². The van der Waals surface area contributed by atoms with Gasteiger partial charge in [0.25, 0.3) is 5.56 Å². The summed E-state index contributed by atoms with van der Waals surface area (Å²) in [5.41, 5.74) is 0.959. The van der Waals surface area contributed by atoms with Crippen molar-refractivity contribution in [3.8, 4) is 5.75 Å². The maximum Gasteiger partial charge on any atom is 0.346 e. The van der Waals surface area contributed by atoms with E-state index in [1.807, 2.05) is 18.2 Å². The van der Waals surface area contributed by atoms with Crippen LogP contribution >= 0.6 is 11.6 Å². The van der Waals surface area contributed by atoms with Crippen LogP contribution in [-0.2, 0) is 11.8 Å². The second-order valence-electron chi connectivity index (χ2n) is 10.6. The fourth-order valence-corrected chi connectivity index (χ4v) is 5.08. The van der Waals surface area contributed by atoms with Crippen LogP contribution in [0.5, 0.6) is 5.75 Å². The molecule has 1 fully saturated rings. The summed E-state index contributed by atoms with van der Waals surface area (Å²) >= 11 is 6.44. The highest BCUT2D eigenvalue weighted by Gasteiger charge is 2.29. The third kappa shape index (κ3) is 5.86. The lowest BCUT2D eigenvalue weighted by atomic mass is 9.92. The maximum atomic E-state index is 13.0.